The van der Waals surface area contributed by atoms with E-state index < -0.39 is 0 Å². The molecule has 0 aliphatic carbocycles. The Hall–Kier alpha value is -1.83. The van der Waals surface area contributed by atoms with E-state index in [2.05, 4.69) is 19.1 Å². The van der Waals surface area contributed by atoms with Crippen molar-refractivity contribution in [2.75, 3.05) is 0 Å². The number of hydrogen-bond donors (Lipinski definition) is 0. The molecule has 0 amide bonds. The van der Waals surface area contributed by atoms with Crippen molar-refractivity contribution in [1.82, 2.24) is 0 Å². The lowest BCUT2D eigenvalue weighted by Crippen LogP contribution is -1.92. The molecule has 0 aliphatic rings. The van der Waals surface area contributed by atoms with Crippen molar-refractivity contribution >= 4 is 5.78 Å². The summed E-state index contributed by atoms with van der Waals surface area (Å²) < 4.78 is 5.55. The number of benzene rings is 1. The first kappa shape index (κ1) is 11.6. The van der Waals surface area contributed by atoms with Gasteiger partial charge in [0.05, 0.1) is 0 Å². The topological polar surface area (TPSA) is 30.2 Å². The maximum absolute atomic E-state index is 11.5. The Bertz CT molecular complexity index is 506. The number of aryl methyl sites for hydroxylation is 1. The molecule has 0 aliphatic heterocycles. The number of ketones is 1. The van der Waals surface area contributed by atoms with Gasteiger partial charge in [0.1, 0.15) is 5.76 Å². The first-order chi connectivity index (χ1) is 8.24. The molecule has 2 rings (SSSR count). The van der Waals surface area contributed by atoms with Crippen LogP contribution >= 0.6 is 0 Å². The van der Waals surface area contributed by atoms with Gasteiger partial charge < -0.3 is 4.42 Å². The Morgan fingerprint density at radius 1 is 1.06 bits per heavy atom. The molecule has 1 heterocycles. The van der Waals surface area contributed by atoms with Gasteiger partial charge in [0.25, 0.3) is 0 Å². The monoisotopic (exact) mass is 228 g/mol. The van der Waals surface area contributed by atoms with Crippen LogP contribution < -0.4 is 0 Å². The van der Waals surface area contributed by atoms with E-state index in [0.717, 1.165) is 17.7 Å². The fourth-order valence-corrected chi connectivity index (χ4v) is 1.72. The van der Waals surface area contributed by atoms with Crippen LogP contribution in [-0.2, 0) is 6.42 Å². The lowest BCUT2D eigenvalue weighted by molar-refractivity contribution is 0.0962. The SMILES string of the molecule is CCC(=O)c1ccc(-c2ccc(CC)cc2)o1. The van der Waals surface area contributed by atoms with Crippen molar-refractivity contribution < 1.29 is 9.21 Å². The third kappa shape index (κ3) is 2.47. The zero-order valence-corrected chi connectivity index (χ0v) is 10.2. The first-order valence-corrected chi connectivity index (χ1v) is 5.97. The highest BCUT2D eigenvalue weighted by Crippen LogP contribution is 2.23. The summed E-state index contributed by atoms with van der Waals surface area (Å²) in [6.45, 7) is 3.96. The van der Waals surface area contributed by atoms with Gasteiger partial charge in [-0.15, -0.1) is 0 Å². The molecule has 0 spiro atoms. The molecule has 2 nitrogen and oxygen atoms in total. The summed E-state index contributed by atoms with van der Waals surface area (Å²) in [5.41, 5.74) is 2.31. The lowest BCUT2D eigenvalue weighted by Gasteiger charge is -1.99. The molecular formula is C15H16O2. The van der Waals surface area contributed by atoms with E-state index in [4.69, 9.17) is 4.42 Å². The van der Waals surface area contributed by atoms with Gasteiger partial charge >= 0.3 is 0 Å². The Morgan fingerprint density at radius 2 is 1.76 bits per heavy atom. The molecule has 0 unspecified atom stereocenters. The minimum atomic E-state index is 0.0430. The van der Waals surface area contributed by atoms with Crippen LogP contribution in [0.5, 0.6) is 0 Å². The Balaban J connectivity index is 2.27. The third-order valence-corrected chi connectivity index (χ3v) is 2.85. The highest BCUT2D eigenvalue weighted by molar-refractivity contribution is 5.93. The number of carbonyl (C=O) groups is 1. The van der Waals surface area contributed by atoms with Crippen LogP contribution in [0.15, 0.2) is 40.8 Å². The number of furan rings is 1. The molecule has 0 fully saturated rings. The van der Waals surface area contributed by atoms with Crippen LogP contribution in [0.1, 0.15) is 36.4 Å². The lowest BCUT2D eigenvalue weighted by atomic mass is 10.1. The third-order valence-electron chi connectivity index (χ3n) is 2.85. The molecule has 0 bridgehead atoms. The second kappa shape index (κ2) is 5.00. The van der Waals surface area contributed by atoms with Crippen LogP contribution in [0, 0.1) is 0 Å². The molecule has 0 atom stereocenters. The van der Waals surface area contributed by atoms with Gasteiger partial charge in [-0.25, -0.2) is 0 Å². The van der Waals surface area contributed by atoms with Gasteiger partial charge in [-0.2, -0.15) is 0 Å². The Kier molecular flexibility index (Phi) is 3.43. The van der Waals surface area contributed by atoms with Crippen LogP contribution in [-0.4, -0.2) is 5.78 Å². The average molecular weight is 228 g/mol. The quantitative estimate of drug-likeness (QED) is 0.737. The zero-order valence-electron chi connectivity index (χ0n) is 10.2. The highest BCUT2D eigenvalue weighted by atomic mass is 16.3. The van der Waals surface area contributed by atoms with Gasteiger partial charge in [-0.3, -0.25) is 4.79 Å². The van der Waals surface area contributed by atoms with Gasteiger partial charge in [0.2, 0.25) is 0 Å². The maximum atomic E-state index is 11.5. The van der Waals surface area contributed by atoms with Crippen molar-refractivity contribution in [3.8, 4) is 11.3 Å². The summed E-state index contributed by atoms with van der Waals surface area (Å²) in [6, 6.07) is 11.8. The Morgan fingerprint density at radius 3 is 2.35 bits per heavy atom. The summed E-state index contributed by atoms with van der Waals surface area (Å²) >= 11 is 0. The van der Waals surface area contributed by atoms with Crippen molar-refractivity contribution in [2.45, 2.75) is 26.7 Å². The summed E-state index contributed by atoms with van der Waals surface area (Å²) in [7, 11) is 0. The maximum Gasteiger partial charge on any atom is 0.197 e. The largest absolute Gasteiger partial charge is 0.453 e. The fraction of sp³-hybridized carbons (Fsp3) is 0.267. The van der Waals surface area contributed by atoms with Gasteiger partial charge in [-0.05, 0) is 24.1 Å². The van der Waals surface area contributed by atoms with E-state index >= 15 is 0 Å². The van der Waals surface area contributed by atoms with E-state index in [-0.39, 0.29) is 5.78 Å². The summed E-state index contributed by atoms with van der Waals surface area (Å²) in [6.07, 6.45) is 1.50. The highest BCUT2D eigenvalue weighted by Gasteiger charge is 2.09. The molecule has 1 aromatic carbocycles. The molecule has 88 valence electrons. The average Bonchev–Trinajstić information content (AvgIpc) is 2.87. The van der Waals surface area contributed by atoms with Crippen LogP contribution in [0.3, 0.4) is 0 Å². The minimum Gasteiger partial charge on any atom is -0.453 e. The molecule has 1 aromatic heterocycles. The number of Topliss-reactive ketones (excluding diaryl/α,β-unsaturated/α-hetero) is 1. The van der Waals surface area contributed by atoms with Crippen molar-refractivity contribution in [3.63, 3.8) is 0 Å². The van der Waals surface area contributed by atoms with Gasteiger partial charge in [-0.1, -0.05) is 38.1 Å². The fourth-order valence-electron chi connectivity index (χ4n) is 1.72. The van der Waals surface area contributed by atoms with Crippen molar-refractivity contribution in [1.29, 1.82) is 0 Å². The van der Waals surface area contributed by atoms with E-state index in [9.17, 15) is 4.79 Å². The summed E-state index contributed by atoms with van der Waals surface area (Å²) in [4.78, 5) is 11.5. The Labute approximate surface area is 101 Å². The second-order valence-electron chi connectivity index (χ2n) is 3.99. The van der Waals surface area contributed by atoms with Crippen LogP contribution in [0.25, 0.3) is 11.3 Å². The van der Waals surface area contributed by atoms with Crippen LogP contribution in [0.4, 0.5) is 0 Å². The standard InChI is InChI=1S/C15H16O2/c1-3-11-5-7-12(8-6-11)14-9-10-15(17-14)13(16)4-2/h5-10H,3-4H2,1-2H3. The molecule has 0 N–H and O–H groups in total. The van der Waals surface area contributed by atoms with Gasteiger partial charge in [0, 0.05) is 12.0 Å². The first-order valence-electron chi connectivity index (χ1n) is 5.97. The molecule has 2 aromatic rings. The number of rotatable bonds is 4. The molecular weight excluding hydrogens is 212 g/mol. The predicted octanol–water partition coefficient (Wildman–Crippen LogP) is 4.10. The normalized spacial score (nSPS) is 10.5. The summed E-state index contributed by atoms with van der Waals surface area (Å²) in [5, 5.41) is 0. The van der Waals surface area contributed by atoms with E-state index in [0.29, 0.717) is 12.2 Å². The van der Waals surface area contributed by atoms with E-state index in [1.165, 1.54) is 5.56 Å². The minimum absolute atomic E-state index is 0.0430. The van der Waals surface area contributed by atoms with Crippen molar-refractivity contribution in [3.05, 3.63) is 47.7 Å². The van der Waals surface area contributed by atoms with Crippen LogP contribution in [0.2, 0.25) is 0 Å². The molecule has 0 radical (unpaired) electrons. The molecule has 0 saturated carbocycles. The second-order valence-corrected chi connectivity index (χ2v) is 3.99. The van der Waals surface area contributed by atoms with E-state index in [1.807, 2.05) is 25.1 Å². The van der Waals surface area contributed by atoms with Gasteiger partial charge in [0.15, 0.2) is 11.5 Å². The molecule has 17 heavy (non-hydrogen) atoms. The molecule has 2 heteroatoms. The molecule has 0 saturated heterocycles. The zero-order chi connectivity index (χ0) is 12.3. The predicted molar refractivity (Wildman–Crippen MR) is 68.1 cm³/mol. The summed E-state index contributed by atoms with van der Waals surface area (Å²) in [5.74, 6) is 1.24. The number of hydrogen-bond acceptors (Lipinski definition) is 2. The van der Waals surface area contributed by atoms with Crippen molar-refractivity contribution in [2.24, 2.45) is 0 Å². The van der Waals surface area contributed by atoms with E-state index in [1.54, 1.807) is 6.07 Å². The number of carbonyl (C=O) groups excluding carboxylic acids is 1. The smallest absolute Gasteiger partial charge is 0.197 e.